The molecular weight excluding hydrogens is 294 g/mol. The number of rotatable bonds is 7. The summed E-state index contributed by atoms with van der Waals surface area (Å²) in [6.07, 6.45) is 3.38. The largest absolute Gasteiger partial charge is 0.395 e. The van der Waals surface area contributed by atoms with Crippen molar-refractivity contribution in [2.45, 2.75) is 31.7 Å². The lowest BCUT2D eigenvalue weighted by Gasteiger charge is -2.33. The Morgan fingerprint density at radius 2 is 1.95 bits per heavy atom. The van der Waals surface area contributed by atoms with Crippen LogP contribution in [0.1, 0.15) is 25.7 Å². The summed E-state index contributed by atoms with van der Waals surface area (Å²) in [5.41, 5.74) is 0. The number of aliphatic hydroxyl groups excluding tert-OH is 1. The summed E-state index contributed by atoms with van der Waals surface area (Å²) in [5, 5.41) is 9.31. The predicted octanol–water partition coefficient (Wildman–Crippen LogP) is -0.610. The van der Waals surface area contributed by atoms with E-state index in [2.05, 4.69) is 9.62 Å². The summed E-state index contributed by atoms with van der Waals surface area (Å²) >= 11 is 0. The second-order valence-electron chi connectivity index (χ2n) is 5.65. The third kappa shape index (κ3) is 5.15. The summed E-state index contributed by atoms with van der Waals surface area (Å²) < 4.78 is 33.9. The van der Waals surface area contributed by atoms with E-state index < -0.39 is 10.2 Å². The molecule has 7 nitrogen and oxygen atoms in total. The molecule has 0 saturated carbocycles. The number of nitrogens with one attached hydrogen (secondary N) is 1. The number of hydrogen-bond acceptors (Lipinski definition) is 5. The Balaban J connectivity index is 1.72. The van der Waals surface area contributed by atoms with Crippen molar-refractivity contribution in [3.05, 3.63) is 0 Å². The maximum Gasteiger partial charge on any atom is 0.279 e. The molecule has 2 saturated heterocycles. The Kier molecular flexibility index (Phi) is 6.84. The molecule has 1 unspecified atom stereocenters. The van der Waals surface area contributed by atoms with E-state index in [0.717, 1.165) is 58.5 Å². The Morgan fingerprint density at radius 3 is 2.67 bits per heavy atom. The third-order valence-electron chi connectivity index (χ3n) is 4.13. The average Bonchev–Trinajstić information content (AvgIpc) is 2.52. The van der Waals surface area contributed by atoms with Gasteiger partial charge < -0.3 is 9.84 Å². The van der Waals surface area contributed by atoms with Crippen LogP contribution in [-0.2, 0) is 14.9 Å². The van der Waals surface area contributed by atoms with E-state index in [1.54, 1.807) is 0 Å². The topological polar surface area (TPSA) is 82.1 Å². The molecule has 8 heteroatoms. The Bertz CT molecular complexity index is 398. The SMILES string of the molecule is O=S(=O)(NCCCN1CCOCC1)N1CCCCC1CO. The van der Waals surface area contributed by atoms with E-state index in [-0.39, 0.29) is 12.6 Å². The van der Waals surface area contributed by atoms with Gasteiger partial charge in [0.2, 0.25) is 0 Å². The van der Waals surface area contributed by atoms with E-state index in [4.69, 9.17) is 4.74 Å². The molecule has 2 aliphatic heterocycles. The molecule has 2 fully saturated rings. The van der Waals surface area contributed by atoms with E-state index in [0.29, 0.717) is 13.1 Å². The molecule has 0 amide bonds. The number of piperidine rings is 1. The van der Waals surface area contributed by atoms with Gasteiger partial charge in [-0.3, -0.25) is 4.90 Å². The molecule has 0 spiro atoms. The zero-order chi connectivity index (χ0) is 15.1. The van der Waals surface area contributed by atoms with Gasteiger partial charge in [-0.1, -0.05) is 6.42 Å². The minimum Gasteiger partial charge on any atom is -0.395 e. The number of nitrogens with zero attached hydrogens (tertiary/aromatic N) is 2. The fourth-order valence-electron chi connectivity index (χ4n) is 2.88. The lowest BCUT2D eigenvalue weighted by molar-refractivity contribution is 0.0376. The molecule has 21 heavy (non-hydrogen) atoms. The minimum absolute atomic E-state index is 0.102. The second-order valence-corrected chi connectivity index (χ2v) is 7.36. The summed E-state index contributed by atoms with van der Waals surface area (Å²) in [6.45, 7) is 5.09. The lowest BCUT2D eigenvalue weighted by Crippen LogP contribution is -2.50. The molecule has 2 heterocycles. The fraction of sp³-hybridized carbons (Fsp3) is 1.00. The van der Waals surface area contributed by atoms with Gasteiger partial charge in [0.1, 0.15) is 0 Å². The number of ether oxygens (including phenoxy) is 1. The molecule has 0 aliphatic carbocycles. The number of morpholine rings is 1. The second kappa shape index (κ2) is 8.40. The monoisotopic (exact) mass is 321 g/mol. The van der Waals surface area contributed by atoms with Gasteiger partial charge in [-0.15, -0.1) is 0 Å². The molecule has 0 aromatic carbocycles. The number of hydrogen-bond donors (Lipinski definition) is 2. The average molecular weight is 321 g/mol. The fourth-order valence-corrected chi connectivity index (χ4v) is 4.39. The van der Waals surface area contributed by atoms with Gasteiger partial charge in [0.25, 0.3) is 10.2 Å². The molecule has 0 aromatic heterocycles. The van der Waals surface area contributed by atoms with E-state index >= 15 is 0 Å². The van der Waals surface area contributed by atoms with Crippen molar-refractivity contribution in [3.63, 3.8) is 0 Å². The molecule has 2 N–H and O–H groups in total. The number of aliphatic hydroxyl groups is 1. The zero-order valence-corrected chi connectivity index (χ0v) is 13.4. The van der Waals surface area contributed by atoms with Gasteiger partial charge in [0.05, 0.1) is 19.8 Å². The van der Waals surface area contributed by atoms with Crippen molar-refractivity contribution in [1.29, 1.82) is 0 Å². The van der Waals surface area contributed by atoms with Crippen LogP contribution in [0.2, 0.25) is 0 Å². The van der Waals surface area contributed by atoms with Gasteiger partial charge >= 0.3 is 0 Å². The van der Waals surface area contributed by atoms with Crippen LogP contribution >= 0.6 is 0 Å². The Hall–Kier alpha value is -0.250. The Morgan fingerprint density at radius 1 is 1.19 bits per heavy atom. The van der Waals surface area contributed by atoms with E-state index in [9.17, 15) is 13.5 Å². The normalized spacial score (nSPS) is 26.0. The van der Waals surface area contributed by atoms with Crippen molar-refractivity contribution >= 4 is 10.2 Å². The van der Waals surface area contributed by atoms with Gasteiger partial charge in [0.15, 0.2) is 0 Å². The molecule has 2 aliphatic rings. The van der Waals surface area contributed by atoms with E-state index in [1.165, 1.54) is 4.31 Å². The van der Waals surface area contributed by atoms with Crippen molar-refractivity contribution < 1.29 is 18.3 Å². The highest BCUT2D eigenvalue weighted by atomic mass is 32.2. The van der Waals surface area contributed by atoms with Crippen LogP contribution in [0.4, 0.5) is 0 Å². The highest BCUT2D eigenvalue weighted by molar-refractivity contribution is 7.87. The molecule has 1 atom stereocenters. The first kappa shape index (κ1) is 17.1. The van der Waals surface area contributed by atoms with Crippen LogP contribution in [-0.4, -0.2) is 81.3 Å². The maximum absolute atomic E-state index is 12.3. The summed E-state index contributed by atoms with van der Waals surface area (Å²) in [5.74, 6) is 0. The first-order valence-corrected chi connectivity index (χ1v) is 9.25. The highest BCUT2D eigenvalue weighted by Gasteiger charge is 2.31. The lowest BCUT2D eigenvalue weighted by atomic mass is 10.1. The van der Waals surface area contributed by atoms with Gasteiger partial charge in [0, 0.05) is 32.2 Å². The van der Waals surface area contributed by atoms with Crippen LogP contribution in [0.15, 0.2) is 0 Å². The first-order chi connectivity index (χ1) is 10.1. The van der Waals surface area contributed by atoms with Gasteiger partial charge in [-0.05, 0) is 25.8 Å². The molecule has 124 valence electrons. The third-order valence-corrected chi connectivity index (χ3v) is 5.80. The molecule has 2 rings (SSSR count). The van der Waals surface area contributed by atoms with E-state index in [1.807, 2.05) is 0 Å². The summed E-state index contributed by atoms with van der Waals surface area (Å²) in [4.78, 5) is 2.29. The molecule has 0 bridgehead atoms. The minimum atomic E-state index is -3.47. The standard InChI is InChI=1S/C13H27N3O4S/c17-12-13-4-1-2-7-16(13)21(18,19)14-5-3-6-15-8-10-20-11-9-15/h13-14,17H,1-12H2. The highest BCUT2D eigenvalue weighted by Crippen LogP contribution is 2.19. The molecule has 0 radical (unpaired) electrons. The van der Waals surface area contributed by atoms with Crippen molar-refractivity contribution in [1.82, 2.24) is 13.9 Å². The quantitative estimate of drug-likeness (QED) is 0.611. The summed E-state index contributed by atoms with van der Waals surface area (Å²) in [7, 11) is -3.47. The van der Waals surface area contributed by atoms with Crippen molar-refractivity contribution in [3.8, 4) is 0 Å². The van der Waals surface area contributed by atoms with Gasteiger partial charge in [-0.25, -0.2) is 4.72 Å². The zero-order valence-electron chi connectivity index (χ0n) is 12.5. The van der Waals surface area contributed by atoms with Crippen LogP contribution in [0.3, 0.4) is 0 Å². The van der Waals surface area contributed by atoms with Gasteiger partial charge in [-0.2, -0.15) is 12.7 Å². The van der Waals surface area contributed by atoms with Crippen molar-refractivity contribution in [2.75, 3.05) is 52.5 Å². The van der Waals surface area contributed by atoms with Crippen LogP contribution in [0.5, 0.6) is 0 Å². The van der Waals surface area contributed by atoms with Crippen LogP contribution < -0.4 is 4.72 Å². The molecular formula is C13H27N3O4S. The molecule has 0 aromatic rings. The maximum atomic E-state index is 12.3. The summed E-state index contributed by atoms with van der Waals surface area (Å²) in [6, 6.07) is -0.268. The Labute approximate surface area is 127 Å². The van der Waals surface area contributed by atoms with Crippen LogP contribution in [0.25, 0.3) is 0 Å². The van der Waals surface area contributed by atoms with Crippen molar-refractivity contribution in [2.24, 2.45) is 0 Å². The predicted molar refractivity (Wildman–Crippen MR) is 80.2 cm³/mol. The first-order valence-electron chi connectivity index (χ1n) is 7.81. The smallest absolute Gasteiger partial charge is 0.279 e. The van der Waals surface area contributed by atoms with Crippen LogP contribution in [0, 0.1) is 0 Å².